The van der Waals surface area contributed by atoms with E-state index < -0.39 is 11.9 Å². The molecule has 38 heavy (non-hydrogen) atoms. The summed E-state index contributed by atoms with van der Waals surface area (Å²) in [5, 5.41) is 15.4. The van der Waals surface area contributed by atoms with Crippen molar-refractivity contribution in [2.45, 2.75) is 77.5 Å². The molecule has 0 saturated heterocycles. The first-order valence-corrected chi connectivity index (χ1v) is 13.3. The molecule has 2 fully saturated rings. The van der Waals surface area contributed by atoms with Crippen LogP contribution in [0.2, 0.25) is 0 Å². The minimum absolute atomic E-state index is 0.0177. The number of aliphatic hydroxyl groups excluding tert-OH is 1. The molecule has 2 aliphatic carbocycles. The van der Waals surface area contributed by atoms with Crippen molar-refractivity contribution >= 4 is 22.8 Å². The van der Waals surface area contributed by atoms with E-state index in [0.29, 0.717) is 77.5 Å². The Bertz CT molecular complexity index is 1360. The Morgan fingerprint density at radius 3 is 2.45 bits per heavy atom. The molecule has 0 aliphatic heterocycles. The Hall–Kier alpha value is -3.53. The molecule has 0 spiro atoms. The molecule has 2 heterocycles. The van der Waals surface area contributed by atoms with Crippen molar-refractivity contribution in [2.24, 2.45) is 5.92 Å². The van der Waals surface area contributed by atoms with E-state index in [-0.39, 0.29) is 29.5 Å². The van der Waals surface area contributed by atoms with E-state index in [1.54, 1.807) is 26.0 Å². The van der Waals surface area contributed by atoms with Crippen molar-refractivity contribution in [2.75, 3.05) is 6.61 Å². The summed E-state index contributed by atoms with van der Waals surface area (Å²) in [4.78, 5) is 37.2. The number of nitrogens with zero attached hydrogens (tertiary/aromatic N) is 2. The van der Waals surface area contributed by atoms with Gasteiger partial charge in [0.25, 0.3) is 5.91 Å². The number of rotatable bonds is 8. The number of fused-ring (bicyclic) bond motifs is 1. The lowest BCUT2D eigenvalue weighted by molar-refractivity contribution is -0.129. The molecule has 1 atom stereocenters. The molecule has 2 aromatic heterocycles. The van der Waals surface area contributed by atoms with Crippen LogP contribution in [0.3, 0.4) is 0 Å². The Morgan fingerprint density at radius 2 is 1.79 bits per heavy atom. The van der Waals surface area contributed by atoms with E-state index in [4.69, 9.17) is 4.74 Å². The predicted molar refractivity (Wildman–Crippen MR) is 140 cm³/mol. The number of aromatic amines is 1. The summed E-state index contributed by atoms with van der Waals surface area (Å²) in [5.41, 5.74) is 3.04. The van der Waals surface area contributed by atoms with Gasteiger partial charge in [0, 0.05) is 17.8 Å². The minimum atomic E-state index is -1.04. The number of aryl methyl sites for hydroxylation is 2. The van der Waals surface area contributed by atoms with Gasteiger partial charge >= 0.3 is 0 Å². The zero-order valence-electron chi connectivity index (χ0n) is 21.9. The molecule has 9 nitrogen and oxygen atoms in total. The molecule has 4 N–H and O–H groups in total. The summed E-state index contributed by atoms with van der Waals surface area (Å²) in [7, 11) is 0. The number of H-pyrrole nitrogens is 1. The highest BCUT2D eigenvalue weighted by Gasteiger charge is 2.29. The van der Waals surface area contributed by atoms with Gasteiger partial charge in [0.05, 0.1) is 23.3 Å². The number of halogens is 1. The molecule has 0 bridgehead atoms. The smallest absolute Gasteiger partial charge is 0.255 e. The fraction of sp³-hybridized carbons (Fsp3) is 0.500. The van der Waals surface area contributed by atoms with Crippen LogP contribution in [0.25, 0.3) is 22.3 Å². The number of aromatic nitrogens is 3. The van der Waals surface area contributed by atoms with E-state index in [1.807, 2.05) is 0 Å². The van der Waals surface area contributed by atoms with Gasteiger partial charge in [-0.3, -0.25) is 9.59 Å². The Kier molecular flexibility index (Phi) is 7.34. The summed E-state index contributed by atoms with van der Waals surface area (Å²) < 4.78 is 21.5. The van der Waals surface area contributed by atoms with Crippen LogP contribution in [-0.2, 0) is 4.79 Å². The first kappa shape index (κ1) is 26.1. The second kappa shape index (κ2) is 10.7. The Labute approximate surface area is 220 Å². The molecule has 202 valence electrons. The van der Waals surface area contributed by atoms with Crippen LogP contribution in [0.5, 0.6) is 5.75 Å². The van der Waals surface area contributed by atoms with Gasteiger partial charge in [-0.25, -0.2) is 14.4 Å². The topological polar surface area (TPSA) is 129 Å². The molecule has 0 unspecified atom stereocenters. The largest absolute Gasteiger partial charge is 0.492 e. The van der Waals surface area contributed by atoms with E-state index in [9.17, 15) is 14.7 Å². The summed E-state index contributed by atoms with van der Waals surface area (Å²) in [6.45, 7) is 5.46. The number of ether oxygens (including phenoxy) is 1. The van der Waals surface area contributed by atoms with E-state index in [0.717, 1.165) is 12.8 Å². The van der Waals surface area contributed by atoms with Gasteiger partial charge in [-0.15, -0.1) is 0 Å². The van der Waals surface area contributed by atoms with Gasteiger partial charge < -0.3 is 25.5 Å². The van der Waals surface area contributed by atoms with Crippen LogP contribution in [-0.4, -0.2) is 56.7 Å². The number of hydrogen-bond acceptors (Lipinski definition) is 6. The van der Waals surface area contributed by atoms with Crippen LogP contribution in [0, 0.1) is 25.6 Å². The average molecular weight is 524 g/mol. The molecule has 0 radical (unpaired) electrons. The highest BCUT2D eigenvalue weighted by molar-refractivity contribution is 6.09. The fourth-order valence-electron chi connectivity index (χ4n) is 5.05. The Balaban J connectivity index is 1.38. The normalized spacial score (nSPS) is 20.2. The molecule has 10 heteroatoms. The summed E-state index contributed by atoms with van der Waals surface area (Å²) in [6.07, 6.45) is 5.37. The molecule has 5 rings (SSSR count). The first-order chi connectivity index (χ1) is 18.2. The van der Waals surface area contributed by atoms with E-state index >= 15 is 4.39 Å². The van der Waals surface area contributed by atoms with Gasteiger partial charge in [-0.05, 0) is 76.8 Å². The lowest BCUT2D eigenvalue weighted by atomic mass is 9.90. The molecule has 2 aliphatic rings. The number of carbonyl (C=O) groups is 2. The molecule has 1 aromatic carbocycles. The standard InChI is InChI=1S/C28H34FN5O4/c1-14-4-11-20(38-12-17-5-6-17)22(23(14)29)25-26-24(30-13-31-25)21(15(2)32-26)28(37)34-19-9-7-18(8-10-19)33-27(36)16(3)35/h4,11,13,16-19,32,35H,5-10,12H2,1-3H3,(H,33,36)(H,34,37)/t16-,18?,19?/m0/s1. The highest BCUT2D eigenvalue weighted by Crippen LogP contribution is 2.39. The number of nitrogens with one attached hydrogen (secondary N) is 3. The third-order valence-electron chi connectivity index (χ3n) is 7.49. The number of hydrogen-bond donors (Lipinski definition) is 4. The number of benzene rings is 1. The zero-order chi connectivity index (χ0) is 27.0. The number of aliphatic hydroxyl groups is 1. The number of amides is 2. The van der Waals surface area contributed by atoms with Crippen molar-refractivity contribution in [3.63, 3.8) is 0 Å². The predicted octanol–water partition coefficient (Wildman–Crippen LogP) is 3.71. The van der Waals surface area contributed by atoms with Crippen LogP contribution in [0.4, 0.5) is 4.39 Å². The summed E-state index contributed by atoms with van der Waals surface area (Å²) >= 11 is 0. The van der Waals surface area contributed by atoms with E-state index in [1.165, 1.54) is 13.3 Å². The van der Waals surface area contributed by atoms with Crippen LogP contribution in [0.1, 0.15) is 67.1 Å². The van der Waals surface area contributed by atoms with Crippen molar-refractivity contribution in [3.8, 4) is 17.0 Å². The highest BCUT2D eigenvalue weighted by atomic mass is 19.1. The summed E-state index contributed by atoms with van der Waals surface area (Å²) in [6, 6.07) is 3.40. The zero-order valence-corrected chi connectivity index (χ0v) is 21.9. The second-order valence-corrected chi connectivity index (χ2v) is 10.6. The third kappa shape index (κ3) is 5.36. The summed E-state index contributed by atoms with van der Waals surface area (Å²) in [5.74, 6) is -0.114. The first-order valence-electron chi connectivity index (χ1n) is 13.3. The van der Waals surface area contributed by atoms with E-state index in [2.05, 4.69) is 25.6 Å². The molecule has 2 saturated carbocycles. The molecule has 3 aromatic rings. The molecule has 2 amide bonds. The van der Waals surface area contributed by atoms with Crippen LogP contribution >= 0.6 is 0 Å². The van der Waals surface area contributed by atoms with Crippen LogP contribution < -0.4 is 15.4 Å². The SMILES string of the molecule is Cc1ccc(OCC2CC2)c(-c2ncnc3c(C(=O)NC4CCC(NC(=O)[C@H](C)O)CC4)c(C)[nH]c23)c1F. The maximum absolute atomic E-state index is 15.5. The third-order valence-corrected chi connectivity index (χ3v) is 7.49. The van der Waals surface area contributed by atoms with Gasteiger partial charge in [-0.1, -0.05) is 6.07 Å². The van der Waals surface area contributed by atoms with Crippen molar-refractivity contribution in [1.29, 1.82) is 0 Å². The van der Waals surface area contributed by atoms with Gasteiger partial charge in [0.15, 0.2) is 0 Å². The van der Waals surface area contributed by atoms with Gasteiger partial charge in [0.1, 0.15) is 35.2 Å². The maximum Gasteiger partial charge on any atom is 0.255 e. The minimum Gasteiger partial charge on any atom is -0.492 e. The number of carbonyl (C=O) groups excluding carboxylic acids is 2. The van der Waals surface area contributed by atoms with Crippen molar-refractivity contribution in [3.05, 3.63) is 41.1 Å². The molecular formula is C28H34FN5O4. The Morgan fingerprint density at radius 1 is 1.11 bits per heavy atom. The van der Waals surface area contributed by atoms with Gasteiger partial charge in [-0.2, -0.15) is 0 Å². The second-order valence-electron chi connectivity index (χ2n) is 10.6. The monoisotopic (exact) mass is 523 g/mol. The average Bonchev–Trinajstić information content (AvgIpc) is 3.65. The maximum atomic E-state index is 15.5. The fourth-order valence-corrected chi connectivity index (χ4v) is 5.05. The van der Waals surface area contributed by atoms with Crippen LogP contribution in [0.15, 0.2) is 18.5 Å². The lowest BCUT2D eigenvalue weighted by Crippen LogP contribution is -2.46. The van der Waals surface area contributed by atoms with Crippen molar-refractivity contribution < 1.29 is 23.8 Å². The quantitative estimate of drug-likeness (QED) is 0.356. The lowest BCUT2D eigenvalue weighted by Gasteiger charge is -2.30. The molecular weight excluding hydrogens is 489 g/mol. The van der Waals surface area contributed by atoms with Crippen molar-refractivity contribution in [1.82, 2.24) is 25.6 Å². The van der Waals surface area contributed by atoms with Gasteiger partial charge in [0.2, 0.25) is 5.91 Å².